The van der Waals surface area contributed by atoms with Crippen molar-refractivity contribution >= 4 is 5.97 Å². The molecule has 14 heteroatoms. The van der Waals surface area contributed by atoms with Gasteiger partial charge >= 0.3 is 5.97 Å². The van der Waals surface area contributed by atoms with Gasteiger partial charge in [-0.2, -0.15) is 0 Å². The van der Waals surface area contributed by atoms with E-state index in [-0.39, 0.29) is 19.6 Å². The number of hydrogen-bond donors (Lipinski definition) is 7. The second-order valence-corrected chi connectivity index (χ2v) is 19.7. The van der Waals surface area contributed by atoms with E-state index in [0.717, 1.165) is 89.9 Å². The molecule has 0 radical (unpaired) electrons. The summed E-state index contributed by atoms with van der Waals surface area (Å²) in [5, 5.41) is 72.3. The Bertz CT molecular complexity index is 1480. The number of aliphatic hydroxyl groups is 7. The van der Waals surface area contributed by atoms with Crippen LogP contribution in [-0.4, -0.2) is 142 Å². The van der Waals surface area contributed by atoms with Crippen LogP contribution in [0.3, 0.4) is 0 Å². The Morgan fingerprint density at radius 2 is 0.890 bits per heavy atom. The number of allylic oxidation sites excluding steroid dienone is 12. The van der Waals surface area contributed by atoms with Gasteiger partial charge in [0.2, 0.25) is 0 Å². The molecule has 0 aliphatic carbocycles. The highest BCUT2D eigenvalue weighted by Gasteiger charge is 2.47. The molecule has 0 saturated carbocycles. The van der Waals surface area contributed by atoms with Gasteiger partial charge in [-0.1, -0.05) is 177 Å². The highest BCUT2D eigenvalue weighted by atomic mass is 16.7. The third kappa shape index (κ3) is 32.6. The summed E-state index contributed by atoms with van der Waals surface area (Å²) in [6, 6.07) is 0. The largest absolute Gasteiger partial charge is 0.457 e. The monoisotopic (exact) mass is 1030 g/mol. The van der Waals surface area contributed by atoms with Crippen LogP contribution < -0.4 is 0 Å². The maximum atomic E-state index is 13.0. The molecule has 422 valence electrons. The Morgan fingerprint density at radius 1 is 0.466 bits per heavy atom. The lowest BCUT2D eigenvalue weighted by atomic mass is 9.98. The molecule has 0 spiro atoms. The lowest BCUT2D eigenvalue weighted by Gasteiger charge is -2.42. The molecule has 2 aliphatic rings. The lowest BCUT2D eigenvalue weighted by molar-refractivity contribution is -0.332. The van der Waals surface area contributed by atoms with Crippen LogP contribution in [0.4, 0.5) is 0 Å². The molecule has 7 N–H and O–H groups in total. The summed E-state index contributed by atoms with van der Waals surface area (Å²) in [4.78, 5) is 13.0. The first-order valence-electron chi connectivity index (χ1n) is 28.5. The average Bonchev–Trinajstić information content (AvgIpc) is 3.39. The van der Waals surface area contributed by atoms with Crippen molar-refractivity contribution in [2.75, 3.05) is 33.0 Å². The highest BCUT2D eigenvalue weighted by molar-refractivity contribution is 5.69. The normalized spacial score (nSPS) is 25.5. The van der Waals surface area contributed by atoms with Gasteiger partial charge in [0.1, 0.15) is 54.9 Å². The van der Waals surface area contributed by atoms with E-state index < -0.39 is 86.7 Å². The van der Waals surface area contributed by atoms with Gasteiger partial charge in [-0.15, -0.1) is 0 Å². The van der Waals surface area contributed by atoms with E-state index in [9.17, 15) is 40.5 Å². The van der Waals surface area contributed by atoms with Gasteiger partial charge in [0.15, 0.2) is 12.6 Å². The van der Waals surface area contributed by atoms with Crippen LogP contribution in [0.15, 0.2) is 72.9 Å². The molecular formula is C59H102O14. The minimum absolute atomic E-state index is 0.0471. The number of carbonyl (C=O) groups excluding carboxylic acids is 1. The Kier molecular flexibility index (Phi) is 41.6. The highest BCUT2D eigenvalue weighted by Crippen LogP contribution is 2.26. The second-order valence-electron chi connectivity index (χ2n) is 19.7. The number of carbonyl (C=O) groups is 1. The Balaban J connectivity index is 1.72. The van der Waals surface area contributed by atoms with E-state index in [1.807, 2.05) is 0 Å². The molecule has 2 rings (SSSR count). The summed E-state index contributed by atoms with van der Waals surface area (Å²) in [6.45, 7) is 3.52. The summed E-state index contributed by atoms with van der Waals surface area (Å²) in [5.41, 5.74) is 0. The van der Waals surface area contributed by atoms with Crippen molar-refractivity contribution < 1.29 is 69.0 Å². The van der Waals surface area contributed by atoms with Crippen molar-refractivity contribution in [1.29, 1.82) is 0 Å². The van der Waals surface area contributed by atoms with Gasteiger partial charge in [-0.25, -0.2) is 0 Å². The fourth-order valence-electron chi connectivity index (χ4n) is 8.60. The number of esters is 1. The predicted octanol–water partition coefficient (Wildman–Crippen LogP) is 9.86. The van der Waals surface area contributed by atoms with Crippen molar-refractivity contribution in [3.8, 4) is 0 Å². The second kappa shape index (κ2) is 45.6. The average molecular weight is 1040 g/mol. The SMILES string of the molecule is CC/C=C\C/C=C\C/C=C\CCCCCCCC(=O)OC(COCCCCCCCCCCC/C=C\C/C=C\C/C=C\CCCCCCC)COC1OC(COC2OC(CO)C(O)C(O)C2O)C(O)C(O)C1O. The molecule has 0 aromatic rings. The smallest absolute Gasteiger partial charge is 0.306 e. The van der Waals surface area contributed by atoms with Crippen molar-refractivity contribution in [3.63, 3.8) is 0 Å². The number of unbranched alkanes of at least 4 members (excludes halogenated alkanes) is 19. The van der Waals surface area contributed by atoms with E-state index >= 15 is 0 Å². The maximum Gasteiger partial charge on any atom is 0.306 e. The maximum absolute atomic E-state index is 13.0. The summed E-state index contributed by atoms with van der Waals surface area (Å²) < 4.78 is 34.3. The van der Waals surface area contributed by atoms with Crippen LogP contribution >= 0.6 is 0 Å². The van der Waals surface area contributed by atoms with Gasteiger partial charge in [-0.3, -0.25) is 4.79 Å². The van der Waals surface area contributed by atoms with Gasteiger partial charge in [0, 0.05) is 13.0 Å². The number of aliphatic hydroxyl groups excluding tert-OH is 7. The summed E-state index contributed by atoms with van der Waals surface area (Å²) in [5.74, 6) is -0.397. The molecule has 2 fully saturated rings. The van der Waals surface area contributed by atoms with Crippen LogP contribution in [0.2, 0.25) is 0 Å². The van der Waals surface area contributed by atoms with Gasteiger partial charge < -0.3 is 64.2 Å². The van der Waals surface area contributed by atoms with Crippen molar-refractivity contribution in [2.24, 2.45) is 0 Å². The third-order valence-electron chi connectivity index (χ3n) is 13.2. The molecule has 14 nitrogen and oxygen atoms in total. The van der Waals surface area contributed by atoms with E-state index in [2.05, 4.69) is 86.8 Å². The molecule has 11 unspecified atom stereocenters. The minimum atomic E-state index is -1.71. The molecule has 0 aromatic heterocycles. The van der Waals surface area contributed by atoms with E-state index in [1.165, 1.54) is 77.0 Å². The quantitative estimate of drug-likeness (QED) is 0.0172. The fourth-order valence-corrected chi connectivity index (χ4v) is 8.60. The van der Waals surface area contributed by atoms with Crippen molar-refractivity contribution in [2.45, 2.75) is 261 Å². The van der Waals surface area contributed by atoms with Crippen molar-refractivity contribution in [1.82, 2.24) is 0 Å². The van der Waals surface area contributed by atoms with Crippen LogP contribution in [0.25, 0.3) is 0 Å². The Hall–Kier alpha value is -2.57. The molecule has 2 heterocycles. The standard InChI is InChI=1S/C59H102O14/c1-3-5-7-9-11-13-15-17-19-20-21-22-23-24-25-26-27-29-31-33-35-37-39-41-43-68-45-48(71-51(61)42-40-38-36-34-32-30-28-18-16-14-12-10-8-6-4-2)46-69-58-57(67)55(65)53(63)50(73-58)47-70-59-56(66)54(64)52(62)49(44-60)72-59/h6,8,12,14-15,17-18,20-21,23-24,28,48-50,52-60,62-67H,3-5,7,9-11,13,16,19,22,25-27,29-47H2,1-2H3/b8-6-,14-12-,17-15-,21-20-,24-23-,28-18-. The van der Waals surface area contributed by atoms with Gasteiger partial charge in [0.25, 0.3) is 0 Å². The first kappa shape index (κ1) is 66.5. The van der Waals surface area contributed by atoms with Crippen LogP contribution in [-0.2, 0) is 33.2 Å². The van der Waals surface area contributed by atoms with Gasteiger partial charge in [0.05, 0.1) is 26.4 Å². The first-order chi connectivity index (χ1) is 35.6. The molecule has 0 bridgehead atoms. The van der Waals surface area contributed by atoms with Crippen LogP contribution in [0.1, 0.15) is 194 Å². The lowest BCUT2D eigenvalue weighted by Crippen LogP contribution is -2.61. The zero-order valence-electron chi connectivity index (χ0n) is 45.1. The van der Waals surface area contributed by atoms with E-state index in [4.69, 9.17) is 28.4 Å². The number of rotatable bonds is 45. The predicted molar refractivity (Wildman–Crippen MR) is 289 cm³/mol. The fraction of sp³-hybridized carbons (Fsp3) is 0.780. The van der Waals surface area contributed by atoms with E-state index in [0.29, 0.717) is 13.0 Å². The molecule has 2 saturated heterocycles. The van der Waals surface area contributed by atoms with Crippen molar-refractivity contribution in [3.05, 3.63) is 72.9 Å². The summed E-state index contributed by atoms with van der Waals surface area (Å²) >= 11 is 0. The number of ether oxygens (including phenoxy) is 6. The topological polar surface area (TPSA) is 214 Å². The molecular weight excluding hydrogens is 933 g/mol. The van der Waals surface area contributed by atoms with Gasteiger partial charge in [-0.05, 0) is 83.5 Å². The molecule has 11 atom stereocenters. The summed E-state index contributed by atoms with van der Waals surface area (Å²) in [7, 11) is 0. The molecule has 73 heavy (non-hydrogen) atoms. The van der Waals surface area contributed by atoms with Crippen LogP contribution in [0.5, 0.6) is 0 Å². The Morgan fingerprint density at radius 3 is 1.40 bits per heavy atom. The zero-order valence-corrected chi connectivity index (χ0v) is 45.1. The molecule has 0 amide bonds. The third-order valence-corrected chi connectivity index (χ3v) is 13.2. The minimum Gasteiger partial charge on any atom is -0.457 e. The first-order valence-corrected chi connectivity index (χ1v) is 28.5. The Labute approximate surface area is 440 Å². The summed E-state index contributed by atoms with van der Waals surface area (Å²) in [6.07, 6.45) is 41.1. The zero-order chi connectivity index (χ0) is 53.0. The molecule has 0 aromatic carbocycles. The number of hydrogen-bond acceptors (Lipinski definition) is 14. The van der Waals surface area contributed by atoms with Crippen LogP contribution in [0, 0.1) is 0 Å². The van der Waals surface area contributed by atoms with E-state index in [1.54, 1.807) is 0 Å². The molecule has 2 aliphatic heterocycles.